The minimum Gasteiger partial charge on any atom is -1.00 e. The molecule has 4 nitrogen and oxygen atoms in total. The van der Waals surface area contributed by atoms with Crippen molar-refractivity contribution in [2.45, 2.75) is 143 Å². The summed E-state index contributed by atoms with van der Waals surface area (Å²) in [5.74, 6) is 0.808. The smallest absolute Gasteiger partial charge is 1.00 e. The summed E-state index contributed by atoms with van der Waals surface area (Å²) in [5.41, 5.74) is 6.01. The molecule has 1 aliphatic heterocycles. The molecule has 1 aliphatic carbocycles. The van der Waals surface area contributed by atoms with E-state index in [1.807, 2.05) is 0 Å². The molecule has 2 aromatic rings. The number of nitrogens with zero attached hydrogens (tertiary/aromatic N) is 2. The molecule has 0 radical (unpaired) electrons. The zero-order chi connectivity index (χ0) is 30.7. The molecule has 2 aliphatic rings. The maximum atomic E-state index is 11.5. The first kappa shape index (κ1) is 34.7. The molecule has 0 spiro atoms. The third kappa shape index (κ3) is 7.28. The fourth-order valence-electron chi connectivity index (χ4n) is 5.95. The summed E-state index contributed by atoms with van der Waals surface area (Å²) in [4.78, 5) is 0. The molecule has 0 bridgehead atoms. The monoisotopic (exact) mass is 633 g/mol. The van der Waals surface area contributed by atoms with Gasteiger partial charge in [-0.2, -0.15) is 0 Å². The molecule has 0 unspecified atom stereocenters. The van der Waals surface area contributed by atoms with Crippen LogP contribution in [0.15, 0.2) is 24.3 Å². The van der Waals surface area contributed by atoms with Gasteiger partial charge >= 0.3 is 257 Å². The van der Waals surface area contributed by atoms with Crippen LogP contribution in [0.25, 0.3) is 0 Å². The van der Waals surface area contributed by atoms with Crippen molar-refractivity contribution in [1.29, 1.82) is 0 Å². The van der Waals surface area contributed by atoms with Gasteiger partial charge in [0.1, 0.15) is 0 Å². The van der Waals surface area contributed by atoms with E-state index < -0.39 is 0 Å². The number of aromatic hydroxyl groups is 2. The Morgan fingerprint density at radius 2 is 0.929 bits per heavy atom. The Hall–Kier alpha value is -1.80. The van der Waals surface area contributed by atoms with E-state index in [0.29, 0.717) is 23.6 Å². The van der Waals surface area contributed by atoms with Crippen molar-refractivity contribution in [3.63, 3.8) is 0 Å². The van der Waals surface area contributed by atoms with Gasteiger partial charge in [-0.3, -0.25) is 0 Å². The van der Waals surface area contributed by atoms with E-state index >= 15 is 0 Å². The van der Waals surface area contributed by atoms with Crippen LogP contribution in [0.2, 0.25) is 0 Å². The fraction of sp³-hybridized carbons (Fsp3) is 0.611. The molecule has 0 amide bonds. The summed E-state index contributed by atoms with van der Waals surface area (Å²) < 4.78 is 5.02. The first-order valence-corrected chi connectivity index (χ1v) is 16.5. The number of rotatable bonds is 2. The predicted octanol–water partition coefficient (Wildman–Crippen LogP) is 5.09. The number of hydrogen-bond acceptors (Lipinski definition) is 2. The van der Waals surface area contributed by atoms with Crippen molar-refractivity contribution in [2.24, 2.45) is 0 Å². The van der Waals surface area contributed by atoms with Gasteiger partial charge in [-0.15, -0.1) is 0 Å². The normalized spacial score (nSPS) is 21.9. The van der Waals surface area contributed by atoms with E-state index in [1.54, 1.807) is 0 Å². The Morgan fingerprint density at radius 3 is 1.21 bits per heavy atom. The molecule has 2 fully saturated rings. The second-order valence-electron chi connectivity index (χ2n) is 16.4. The number of fused-ring (bicyclic) bond motifs is 1. The second-order valence-corrected chi connectivity index (χ2v) is 18.0. The molecule has 2 atom stereocenters. The summed E-state index contributed by atoms with van der Waals surface area (Å²) in [6.45, 7) is 26.5. The summed E-state index contributed by atoms with van der Waals surface area (Å²) in [6, 6.07) is 9.60. The minimum atomic E-state index is -0.155. The third-order valence-corrected chi connectivity index (χ3v) is 10.5. The molecule has 1 saturated heterocycles. The van der Waals surface area contributed by atoms with Crippen molar-refractivity contribution in [2.75, 3.05) is 0 Å². The molecule has 6 heteroatoms. The molecule has 232 valence electrons. The maximum Gasteiger partial charge on any atom is -1.00 e. The van der Waals surface area contributed by atoms with Crippen molar-refractivity contribution >= 4 is 12.4 Å². The summed E-state index contributed by atoms with van der Waals surface area (Å²) in [6.07, 6.45) is 9.25. The minimum absolute atomic E-state index is 0. The molecule has 1 saturated carbocycles. The van der Waals surface area contributed by atoms with Gasteiger partial charge in [0.25, 0.3) is 0 Å². The molecule has 1 heterocycles. The number of phenols is 2. The van der Waals surface area contributed by atoms with Gasteiger partial charge in [0.05, 0.1) is 0 Å². The predicted molar refractivity (Wildman–Crippen MR) is 168 cm³/mol. The topological polar surface area (TPSA) is 46.5 Å². The van der Waals surface area contributed by atoms with Crippen LogP contribution in [0, 0.1) is 0 Å². The molecule has 2 N–H and O–H groups in total. The largest absolute Gasteiger partial charge is 1.00 e. The number of benzene rings is 2. The zero-order valence-corrected chi connectivity index (χ0v) is 30.1. The number of hydrogen-bond donors (Lipinski definition) is 2. The molecular weight excluding hydrogens is 580 g/mol. The Morgan fingerprint density at radius 1 is 0.595 bits per heavy atom. The number of phenolic OH excluding ortho intramolecular Hbond substituents is 2. The average Bonchev–Trinajstić information content (AvgIpc) is 3.15. The molecule has 0 aromatic heterocycles. The maximum absolute atomic E-state index is 11.5. The fourth-order valence-corrected chi connectivity index (χ4v) is 7.94. The summed E-state index contributed by atoms with van der Waals surface area (Å²) in [5, 5.41) is 23.0. The van der Waals surface area contributed by atoms with Crippen LogP contribution < -0.4 is 12.4 Å². The van der Waals surface area contributed by atoms with E-state index in [-0.39, 0.29) is 49.7 Å². The first-order chi connectivity index (χ1) is 18.7. The molecular formula is C36H54ClCrN2O2+. The van der Waals surface area contributed by atoms with E-state index in [4.69, 9.17) is 0 Å². The molecule has 2 aromatic carbocycles. The Labute approximate surface area is 268 Å². The molecule has 42 heavy (non-hydrogen) atoms. The third-order valence-electron chi connectivity index (χ3n) is 8.70. The summed E-state index contributed by atoms with van der Waals surface area (Å²) in [7, 11) is 0. The van der Waals surface area contributed by atoms with Crippen LogP contribution >= 0.6 is 0 Å². The van der Waals surface area contributed by atoms with Gasteiger partial charge in [0, 0.05) is 0 Å². The van der Waals surface area contributed by atoms with Crippen molar-refractivity contribution in [3.05, 3.63) is 57.6 Å². The Balaban J connectivity index is 0.00000484. The van der Waals surface area contributed by atoms with Crippen LogP contribution in [0.4, 0.5) is 0 Å². The Bertz CT molecular complexity index is 1280. The van der Waals surface area contributed by atoms with E-state index in [0.717, 1.165) is 35.1 Å². The van der Waals surface area contributed by atoms with Crippen LogP contribution in [0.1, 0.15) is 142 Å². The van der Waals surface area contributed by atoms with Crippen LogP contribution in [0.3, 0.4) is 0 Å². The quantitative estimate of drug-likeness (QED) is 0.484. The van der Waals surface area contributed by atoms with Crippen LogP contribution in [-0.4, -0.2) is 41.8 Å². The Kier molecular flexibility index (Phi) is 9.87. The van der Waals surface area contributed by atoms with Gasteiger partial charge < -0.3 is 12.4 Å². The first-order valence-electron chi connectivity index (χ1n) is 15.4. The standard InChI is InChI=1S/C36H54N2O2.ClH.Cr/c1-33(2,3)25-17-23(31(39)27(19-25)35(7,8)9)21-37-29-15-13-14-16-30(29)38-22-24-18-26(34(4,5)6)20-28(32(24)40)36(10,11)12;;/h17-22,29-30,39-40H,13-16H2,1-12H3;1H;/q;;+2/p-1/t29-,30-;;/m0../s1. The van der Waals surface area contributed by atoms with Gasteiger partial charge in [0.15, 0.2) is 0 Å². The van der Waals surface area contributed by atoms with E-state index in [2.05, 4.69) is 127 Å². The van der Waals surface area contributed by atoms with Gasteiger partial charge in [0.2, 0.25) is 0 Å². The molecule has 4 rings (SSSR count). The summed E-state index contributed by atoms with van der Waals surface area (Å²) >= 11 is 0.0117. The second kappa shape index (κ2) is 11.9. The van der Waals surface area contributed by atoms with Crippen molar-refractivity contribution in [1.82, 2.24) is 0 Å². The van der Waals surface area contributed by atoms with Crippen LogP contribution in [0.5, 0.6) is 11.5 Å². The van der Waals surface area contributed by atoms with Gasteiger partial charge in [-0.1, -0.05) is 0 Å². The SMILES string of the molecule is CC(C)(C)c1cc(C=[N+]2[Cr][N+](=Cc3cc(C(C)(C)C)cc(C(C)(C)C)c3O)[C@H]3CCCC[C@@H]32)c(O)c(C(C)(C)C)c1.[Cl-]. The van der Waals surface area contributed by atoms with Crippen molar-refractivity contribution in [3.8, 4) is 11.5 Å². The van der Waals surface area contributed by atoms with Crippen LogP contribution in [-0.2, 0) is 37.3 Å². The van der Waals surface area contributed by atoms with Gasteiger partial charge in [-0.25, -0.2) is 0 Å². The average molecular weight is 634 g/mol. The number of halogens is 1. The van der Waals surface area contributed by atoms with Gasteiger partial charge in [-0.05, 0) is 0 Å². The van der Waals surface area contributed by atoms with E-state index in [1.165, 1.54) is 24.0 Å². The zero-order valence-electron chi connectivity index (χ0n) is 28.0. The van der Waals surface area contributed by atoms with Crippen molar-refractivity contribution < 1.29 is 45.4 Å². The van der Waals surface area contributed by atoms with E-state index in [9.17, 15) is 10.2 Å².